The molecule has 6 atom stereocenters. The molecule has 0 aliphatic rings. The zero-order valence-corrected chi connectivity index (χ0v) is 61.3. The van der Waals surface area contributed by atoms with Crippen LogP contribution in [0.5, 0.6) is 0 Å². The van der Waals surface area contributed by atoms with Crippen LogP contribution in [-0.4, -0.2) is 96.7 Å². The Morgan fingerprint density at radius 3 is 0.780 bits per heavy atom. The van der Waals surface area contributed by atoms with Gasteiger partial charge in [-0.25, -0.2) is 9.13 Å². The molecule has 0 saturated heterocycles. The second kappa shape index (κ2) is 61.6. The van der Waals surface area contributed by atoms with E-state index in [9.17, 15) is 43.2 Å². The lowest BCUT2D eigenvalue weighted by atomic mass is 9.99. The zero-order chi connectivity index (χ0) is 67.5. The van der Waals surface area contributed by atoms with Gasteiger partial charge in [0.2, 0.25) is 0 Å². The van der Waals surface area contributed by atoms with Crippen molar-refractivity contribution in [3.8, 4) is 0 Å². The van der Waals surface area contributed by atoms with Crippen LogP contribution in [0.1, 0.15) is 357 Å². The number of unbranched alkanes of at least 4 members (excludes halogenated alkanes) is 34. The lowest BCUT2D eigenvalue weighted by molar-refractivity contribution is -0.161. The van der Waals surface area contributed by atoms with Gasteiger partial charge in [0.05, 0.1) is 26.4 Å². The highest BCUT2D eigenvalue weighted by atomic mass is 31.2. The van der Waals surface area contributed by atoms with Gasteiger partial charge < -0.3 is 33.8 Å². The summed E-state index contributed by atoms with van der Waals surface area (Å²) in [6, 6.07) is 0. The van der Waals surface area contributed by atoms with E-state index in [1.807, 2.05) is 0 Å². The Bertz CT molecular complexity index is 1800. The Balaban J connectivity index is 5.22. The Hall–Kier alpha value is -1.94. The fraction of sp³-hybridized carbons (Fsp3) is 0.944. The van der Waals surface area contributed by atoms with Gasteiger partial charge in [-0.15, -0.1) is 0 Å². The molecule has 0 aliphatic carbocycles. The first kappa shape index (κ1) is 89.1. The summed E-state index contributed by atoms with van der Waals surface area (Å²) in [7, 11) is -9.91. The van der Waals surface area contributed by atoms with E-state index in [4.69, 9.17) is 37.0 Å². The van der Waals surface area contributed by atoms with Crippen molar-refractivity contribution >= 4 is 39.5 Å². The number of rotatable bonds is 69. The summed E-state index contributed by atoms with van der Waals surface area (Å²) in [6.45, 7) is 14.1. The highest BCUT2D eigenvalue weighted by Crippen LogP contribution is 2.45. The molecule has 91 heavy (non-hydrogen) atoms. The van der Waals surface area contributed by atoms with Crippen LogP contribution in [0.25, 0.3) is 0 Å². The third-order valence-corrected chi connectivity index (χ3v) is 18.8. The maximum Gasteiger partial charge on any atom is 0.472 e. The van der Waals surface area contributed by atoms with Crippen molar-refractivity contribution in [3.05, 3.63) is 0 Å². The van der Waals surface area contributed by atoms with Gasteiger partial charge in [0.25, 0.3) is 0 Å². The number of esters is 4. The van der Waals surface area contributed by atoms with Gasteiger partial charge >= 0.3 is 39.5 Å². The van der Waals surface area contributed by atoms with E-state index >= 15 is 0 Å². The summed E-state index contributed by atoms with van der Waals surface area (Å²) in [5.74, 6) is 0.884. The highest BCUT2D eigenvalue weighted by molar-refractivity contribution is 7.47. The SMILES string of the molecule is CCC(C)CCCCCCCCCCCCCCCCC(=O)O[C@H](COC(=O)CCCCCCCCCC(C)C)COP(=O)(O)OCC(O)COP(=O)(O)OC[C@@H](COC(=O)CCCCCCCCCCCC(C)C)OC(=O)CCCCCCCCCCC(C)C. The minimum absolute atomic E-state index is 0.104. The van der Waals surface area contributed by atoms with Gasteiger partial charge in [0, 0.05) is 25.7 Å². The summed E-state index contributed by atoms with van der Waals surface area (Å²) >= 11 is 0. The quantitative estimate of drug-likeness (QED) is 0.0222. The van der Waals surface area contributed by atoms with E-state index in [-0.39, 0.29) is 25.7 Å². The first-order chi connectivity index (χ1) is 43.6. The third kappa shape index (κ3) is 65.1. The minimum atomic E-state index is -4.95. The van der Waals surface area contributed by atoms with Crippen molar-refractivity contribution in [3.63, 3.8) is 0 Å². The number of phosphoric acid groups is 2. The van der Waals surface area contributed by atoms with Crippen LogP contribution in [0.15, 0.2) is 0 Å². The first-order valence-corrected chi connectivity index (χ1v) is 40.2. The smallest absolute Gasteiger partial charge is 0.462 e. The van der Waals surface area contributed by atoms with Crippen molar-refractivity contribution < 1.29 is 80.2 Å². The van der Waals surface area contributed by atoms with E-state index < -0.39 is 97.5 Å². The maximum atomic E-state index is 13.0. The van der Waals surface area contributed by atoms with E-state index in [0.29, 0.717) is 31.6 Å². The Morgan fingerprint density at radius 2 is 0.527 bits per heavy atom. The first-order valence-electron chi connectivity index (χ1n) is 37.2. The number of aliphatic hydroxyl groups is 1. The van der Waals surface area contributed by atoms with Crippen LogP contribution >= 0.6 is 15.6 Å². The second-order valence-electron chi connectivity index (χ2n) is 27.6. The van der Waals surface area contributed by atoms with Crippen molar-refractivity contribution in [2.75, 3.05) is 39.6 Å². The molecule has 3 N–H and O–H groups in total. The molecule has 0 spiro atoms. The van der Waals surface area contributed by atoms with Crippen molar-refractivity contribution in [2.24, 2.45) is 23.7 Å². The summed E-state index contributed by atoms with van der Waals surface area (Å²) in [5.41, 5.74) is 0. The van der Waals surface area contributed by atoms with E-state index in [1.165, 1.54) is 154 Å². The second-order valence-corrected chi connectivity index (χ2v) is 30.6. The molecule has 17 nitrogen and oxygen atoms in total. The van der Waals surface area contributed by atoms with E-state index in [0.717, 1.165) is 114 Å². The van der Waals surface area contributed by atoms with Crippen LogP contribution < -0.4 is 0 Å². The molecule has 0 aromatic heterocycles. The summed E-state index contributed by atoms with van der Waals surface area (Å²) in [6.07, 6.45) is 44.5. The molecule has 0 aromatic carbocycles. The number of hydrogen-bond donors (Lipinski definition) is 3. The molecule has 4 unspecified atom stereocenters. The van der Waals surface area contributed by atoms with Crippen molar-refractivity contribution in [2.45, 2.75) is 375 Å². The van der Waals surface area contributed by atoms with Crippen LogP contribution in [0.2, 0.25) is 0 Å². The molecule has 0 heterocycles. The van der Waals surface area contributed by atoms with Crippen LogP contribution in [-0.2, 0) is 65.4 Å². The molecule has 0 rings (SSSR count). The average Bonchev–Trinajstić information content (AvgIpc) is 2.82. The number of phosphoric ester groups is 2. The number of carbonyl (C=O) groups excluding carboxylic acids is 4. The van der Waals surface area contributed by atoms with E-state index in [1.54, 1.807) is 0 Å². The summed E-state index contributed by atoms with van der Waals surface area (Å²) in [4.78, 5) is 72.6. The van der Waals surface area contributed by atoms with Crippen LogP contribution in [0.4, 0.5) is 0 Å². The largest absolute Gasteiger partial charge is 0.472 e. The molecular formula is C72H140O17P2. The van der Waals surface area contributed by atoms with Gasteiger partial charge in [-0.1, -0.05) is 306 Å². The molecule has 19 heteroatoms. The molecule has 0 amide bonds. The van der Waals surface area contributed by atoms with Gasteiger partial charge in [0.15, 0.2) is 12.2 Å². The molecule has 0 aromatic rings. The van der Waals surface area contributed by atoms with Gasteiger partial charge in [-0.05, 0) is 49.4 Å². The third-order valence-electron chi connectivity index (χ3n) is 16.9. The average molecular weight is 1340 g/mol. The Morgan fingerprint density at radius 1 is 0.308 bits per heavy atom. The summed E-state index contributed by atoms with van der Waals surface area (Å²) in [5, 5.41) is 10.6. The highest BCUT2D eigenvalue weighted by Gasteiger charge is 2.30. The van der Waals surface area contributed by atoms with Gasteiger partial charge in [0.1, 0.15) is 19.3 Å². The van der Waals surface area contributed by atoms with Gasteiger partial charge in [-0.3, -0.25) is 37.3 Å². The lowest BCUT2D eigenvalue weighted by Crippen LogP contribution is -2.30. The van der Waals surface area contributed by atoms with Crippen LogP contribution in [0.3, 0.4) is 0 Å². The minimum Gasteiger partial charge on any atom is -0.462 e. The molecule has 0 saturated carbocycles. The number of ether oxygens (including phenoxy) is 4. The number of hydrogen-bond acceptors (Lipinski definition) is 15. The molecule has 0 aliphatic heterocycles. The Kier molecular flexibility index (Phi) is 60.3. The van der Waals surface area contributed by atoms with Crippen LogP contribution in [0, 0.1) is 23.7 Å². The zero-order valence-electron chi connectivity index (χ0n) is 59.5. The lowest BCUT2D eigenvalue weighted by Gasteiger charge is -2.21. The standard InChI is InChI=1S/C72H140O17P2/c1-9-65(8)51-43-35-27-18-14-12-10-11-13-15-19-29-38-46-54-71(76)88-68(59-83-70(75)53-45-37-31-23-26-34-42-50-64(6)7)61-87-91(80,81)85-57-66(73)56-84-90(78,79)86-60-67(89-72(77)55-47-39-30-22-21-25-33-41-49-63(4)5)58-82-69(74)52-44-36-28-20-16-17-24-32-40-48-62(2)3/h62-68,73H,9-61H2,1-8H3,(H,78,79)(H,80,81)/t65?,66?,67-,68-/m1/s1. The molecule has 0 fully saturated rings. The fourth-order valence-corrected chi connectivity index (χ4v) is 12.4. The topological polar surface area (TPSA) is 237 Å². The molecule has 540 valence electrons. The predicted octanol–water partition coefficient (Wildman–Crippen LogP) is 20.5. The number of carbonyl (C=O) groups is 4. The summed E-state index contributed by atoms with van der Waals surface area (Å²) < 4.78 is 68.3. The van der Waals surface area contributed by atoms with E-state index in [2.05, 4.69) is 55.4 Å². The molecule has 0 bridgehead atoms. The Labute approximate surface area is 556 Å². The molecular weight excluding hydrogens is 1200 g/mol. The van der Waals surface area contributed by atoms with Crippen molar-refractivity contribution in [1.82, 2.24) is 0 Å². The van der Waals surface area contributed by atoms with Gasteiger partial charge in [-0.2, -0.15) is 0 Å². The molecule has 0 radical (unpaired) electrons. The fourth-order valence-electron chi connectivity index (χ4n) is 10.8. The normalized spacial score (nSPS) is 14.5. The maximum absolute atomic E-state index is 13.0. The predicted molar refractivity (Wildman–Crippen MR) is 367 cm³/mol. The number of aliphatic hydroxyl groups excluding tert-OH is 1. The monoisotopic (exact) mass is 1340 g/mol. The van der Waals surface area contributed by atoms with Crippen molar-refractivity contribution in [1.29, 1.82) is 0 Å².